The SMILES string of the molecule is O=C(Cc1cc(Cl)c2c(c1)OCCO2)NCc1ccc(N2CCCCC2)nc1. The molecule has 148 valence electrons. The van der Waals surface area contributed by atoms with Gasteiger partial charge >= 0.3 is 0 Å². The molecule has 0 bridgehead atoms. The van der Waals surface area contributed by atoms with Crippen LogP contribution in [0.3, 0.4) is 0 Å². The first-order valence-electron chi connectivity index (χ1n) is 9.73. The van der Waals surface area contributed by atoms with Crippen molar-refractivity contribution < 1.29 is 14.3 Å². The van der Waals surface area contributed by atoms with Crippen LogP contribution >= 0.6 is 11.6 Å². The highest BCUT2D eigenvalue weighted by Gasteiger charge is 2.18. The predicted molar refractivity (Wildman–Crippen MR) is 108 cm³/mol. The highest BCUT2D eigenvalue weighted by atomic mass is 35.5. The number of carbonyl (C=O) groups is 1. The zero-order valence-electron chi connectivity index (χ0n) is 15.7. The van der Waals surface area contributed by atoms with Crippen molar-refractivity contribution in [2.24, 2.45) is 0 Å². The molecular weight excluding hydrogens is 378 g/mol. The average molecular weight is 402 g/mol. The van der Waals surface area contributed by atoms with Crippen LogP contribution in [0.15, 0.2) is 30.5 Å². The largest absolute Gasteiger partial charge is 0.486 e. The molecule has 28 heavy (non-hydrogen) atoms. The van der Waals surface area contributed by atoms with Crippen LogP contribution in [0.2, 0.25) is 5.02 Å². The standard InChI is InChI=1S/C21H24ClN3O3/c22-17-10-16(11-18-21(17)28-9-8-27-18)12-20(26)24-14-15-4-5-19(23-13-15)25-6-2-1-3-7-25/h4-5,10-11,13H,1-3,6-9,12,14H2,(H,24,26). The Morgan fingerprint density at radius 3 is 2.71 bits per heavy atom. The van der Waals surface area contributed by atoms with E-state index < -0.39 is 0 Å². The molecule has 4 rings (SSSR count). The van der Waals surface area contributed by atoms with Crippen LogP contribution in [0.5, 0.6) is 11.5 Å². The van der Waals surface area contributed by atoms with Gasteiger partial charge in [0.25, 0.3) is 0 Å². The number of aromatic nitrogens is 1. The van der Waals surface area contributed by atoms with Crippen LogP contribution in [0, 0.1) is 0 Å². The van der Waals surface area contributed by atoms with Gasteiger partial charge in [-0.05, 0) is 48.6 Å². The molecule has 1 aromatic heterocycles. The number of fused-ring (bicyclic) bond motifs is 1. The Labute approximate surface area is 169 Å². The van der Waals surface area contributed by atoms with Gasteiger partial charge in [0.2, 0.25) is 5.91 Å². The van der Waals surface area contributed by atoms with Crippen molar-refractivity contribution >= 4 is 23.3 Å². The number of benzene rings is 1. The average Bonchev–Trinajstić information content (AvgIpc) is 2.73. The summed E-state index contributed by atoms with van der Waals surface area (Å²) in [5.74, 6) is 2.09. The van der Waals surface area contributed by atoms with Gasteiger partial charge in [-0.1, -0.05) is 17.7 Å². The summed E-state index contributed by atoms with van der Waals surface area (Å²) in [5, 5.41) is 3.41. The van der Waals surface area contributed by atoms with Crippen LogP contribution in [0.25, 0.3) is 0 Å². The number of halogens is 1. The summed E-state index contributed by atoms with van der Waals surface area (Å²) in [6, 6.07) is 7.63. The number of piperidine rings is 1. The molecular formula is C21H24ClN3O3. The molecule has 0 saturated carbocycles. The summed E-state index contributed by atoms with van der Waals surface area (Å²) in [6.07, 6.45) is 5.82. The molecule has 2 aliphatic heterocycles. The van der Waals surface area contributed by atoms with Crippen molar-refractivity contribution in [2.75, 3.05) is 31.2 Å². The van der Waals surface area contributed by atoms with Crippen LogP contribution in [-0.4, -0.2) is 37.2 Å². The number of carbonyl (C=O) groups excluding carboxylic acids is 1. The molecule has 0 aliphatic carbocycles. The lowest BCUT2D eigenvalue weighted by molar-refractivity contribution is -0.120. The molecule has 2 aromatic rings. The summed E-state index contributed by atoms with van der Waals surface area (Å²) >= 11 is 6.23. The Bertz CT molecular complexity index is 836. The number of hydrogen-bond donors (Lipinski definition) is 1. The summed E-state index contributed by atoms with van der Waals surface area (Å²) in [5.41, 5.74) is 1.78. The van der Waals surface area contributed by atoms with E-state index >= 15 is 0 Å². The first-order valence-corrected chi connectivity index (χ1v) is 10.1. The molecule has 1 aromatic carbocycles. The summed E-state index contributed by atoms with van der Waals surface area (Å²) in [6.45, 7) is 3.56. The Morgan fingerprint density at radius 2 is 1.93 bits per heavy atom. The monoisotopic (exact) mass is 401 g/mol. The second-order valence-electron chi connectivity index (χ2n) is 7.13. The van der Waals surface area contributed by atoms with E-state index in [0.717, 1.165) is 30.0 Å². The predicted octanol–water partition coefficient (Wildman–Crippen LogP) is 3.36. The number of rotatable bonds is 5. The highest BCUT2D eigenvalue weighted by Crippen LogP contribution is 2.38. The van der Waals surface area contributed by atoms with Crippen molar-refractivity contribution in [1.82, 2.24) is 10.3 Å². The third-order valence-corrected chi connectivity index (χ3v) is 5.28. The quantitative estimate of drug-likeness (QED) is 0.832. The maximum atomic E-state index is 12.3. The number of nitrogens with zero attached hydrogens (tertiary/aromatic N) is 2. The third kappa shape index (κ3) is 4.50. The van der Waals surface area contributed by atoms with Gasteiger partial charge < -0.3 is 19.7 Å². The third-order valence-electron chi connectivity index (χ3n) is 5.00. The number of ether oxygens (including phenoxy) is 2. The fourth-order valence-electron chi connectivity index (χ4n) is 3.55. The molecule has 2 aliphatic rings. The van der Waals surface area contributed by atoms with E-state index in [0.29, 0.717) is 36.3 Å². The van der Waals surface area contributed by atoms with Crippen molar-refractivity contribution in [1.29, 1.82) is 0 Å². The molecule has 1 amide bonds. The number of nitrogens with one attached hydrogen (secondary N) is 1. The minimum Gasteiger partial charge on any atom is -0.486 e. The lowest BCUT2D eigenvalue weighted by Gasteiger charge is -2.27. The lowest BCUT2D eigenvalue weighted by atomic mass is 10.1. The van der Waals surface area contributed by atoms with Gasteiger partial charge in [0, 0.05) is 25.8 Å². The number of hydrogen-bond acceptors (Lipinski definition) is 5. The van der Waals surface area contributed by atoms with Crippen molar-refractivity contribution in [3.63, 3.8) is 0 Å². The highest BCUT2D eigenvalue weighted by molar-refractivity contribution is 6.32. The van der Waals surface area contributed by atoms with E-state index in [1.807, 2.05) is 24.4 Å². The van der Waals surface area contributed by atoms with E-state index in [2.05, 4.69) is 15.2 Å². The Hall–Kier alpha value is -2.47. The van der Waals surface area contributed by atoms with Gasteiger partial charge in [0.1, 0.15) is 19.0 Å². The zero-order valence-corrected chi connectivity index (χ0v) is 16.5. The number of anilines is 1. The molecule has 7 heteroatoms. The minimum absolute atomic E-state index is 0.0761. The normalized spacial score (nSPS) is 16.0. The van der Waals surface area contributed by atoms with E-state index in [-0.39, 0.29) is 12.3 Å². The van der Waals surface area contributed by atoms with Gasteiger partial charge in [-0.2, -0.15) is 0 Å². The van der Waals surface area contributed by atoms with Gasteiger partial charge in [0.15, 0.2) is 11.5 Å². The zero-order chi connectivity index (χ0) is 19.3. The molecule has 1 saturated heterocycles. The van der Waals surface area contributed by atoms with Crippen LogP contribution in [0.4, 0.5) is 5.82 Å². The molecule has 1 N–H and O–H groups in total. The van der Waals surface area contributed by atoms with Crippen LogP contribution in [0.1, 0.15) is 30.4 Å². The Kier molecular flexibility index (Phi) is 5.86. The van der Waals surface area contributed by atoms with Gasteiger partial charge in [0.05, 0.1) is 11.4 Å². The fraction of sp³-hybridized carbons (Fsp3) is 0.429. The van der Waals surface area contributed by atoms with Crippen molar-refractivity contribution in [3.8, 4) is 11.5 Å². The first-order chi connectivity index (χ1) is 13.7. The summed E-state index contributed by atoms with van der Waals surface area (Å²) in [4.78, 5) is 19.2. The first kappa shape index (κ1) is 18.9. The van der Waals surface area contributed by atoms with Gasteiger partial charge in [-0.25, -0.2) is 4.98 Å². The molecule has 0 radical (unpaired) electrons. The second-order valence-corrected chi connectivity index (χ2v) is 7.53. The maximum Gasteiger partial charge on any atom is 0.224 e. The minimum atomic E-state index is -0.0761. The summed E-state index contributed by atoms with van der Waals surface area (Å²) < 4.78 is 11.1. The number of amides is 1. The fourth-order valence-corrected chi connectivity index (χ4v) is 3.83. The smallest absolute Gasteiger partial charge is 0.224 e. The van der Waals surface area contributed by atoms with Gasteiger partial charge in [-0.15, -0.1) is 0 Å². The second kappa shape index (κ2) is 8.69. The van der Waals surface area contributed by atoms with E-state index in [4.69, 9.17) is 21.1 Å². The number of pyridine rings is 1. The lowest BCUT2D eigenvalue weighted by Crippen LogP contribution is -2.30. The van der Waals surface area contributed by atoms with E-state index in [1.54, 1.807) is 6.07 Å². The van der Waals surface area contributed by atoms with E-state index in [1.165, 1.54) is 19.3 Å². The van der Waals surface area contributed by atoms with Gasteiger partial charge in [-0.3, -0.25) is 4.79 Å². The molecule has 1 fully saturated rings. The molecule has 3 heterocycles. The Morgan fingerprint density at radius 1 is 1.11 bits per heavy atom. The summed E-state index contributed by atoms with van der Waals surface area (Å²) in [7, 11) is 0. The Balaban J connectivity index is 1.31. The van der Waals surface area contributed by atoms with Crippen LogP contribution in [-0.2, 0) is 17.8 Å². The molecule has 0 unspecified atom stereocenters. The molecule has 0 spiro atoms. The van der Waals surface area contributed by atoms with Crippen LogP contribution < -0.4 is 19.7 Å². The molecule has 6 nitrogen and oxygen atoms in total. The maximum absolute atomic E-state index is 12.3. The molecule has 0 atom stereocenters. The van der Waals surface area contributed by atoms with Crippen molar-refractivity contribution in [3.05, 3.63) is 46.6 Å². The van der Waals surface area contributed by atoms with Crippen molar-refractivity contribution in [2.45, 2.75) is 32.2 Å². The van der Waals surface area contributed by atoms with E-state index in [9.17, 15) is 4.79 Å². The topological polar surface area (TPSA) is 63.7 Å².